The van der Waals surface area contributed by atoms with Crippen molar-refractivity contribution in [1.82, 2.24) is 4.31 Å². The van der Waals surface area contributed by atoms with Crippen molar-refractivity contribution in [3.05, 3.63) is 95.8 Å². The zero-order chi connectivity index (χ0) is 23.6. The normalized spacial score (nSPS) is 16.5. The van der Waals surface area contributed by atoms with Crippen LogP contribution in [0.4, 0.5) is 4.39 Å². The minimum atomic E-state index is -3.87. The molecule has 1 aliphatic heterocycles. The molecule has 0 radical (unpaired) electrons. The van der Waals surface area contributed by atoms with Gasteiger partial charge in [-0.1, -0.05) is 48.5 Å². The number of carboxylic acid groups (broad SMARTS) is 1. The molecule has 1 heterocycles. The summed E-state index contributed by atoms with van der Waals surface area (Å²) >= 11 is 0. The number of nitrogens with two attached hydrogens (primary N) is 1. The highest BCUT2D eigenvalue weighted by Crippen LogP contribution is 2.40. The Labute approximate surface area is 191 Å². The molecule has 1 saturated heterocycles. The lowest BCUT2D eigenvalue weighted by atomic mass is 9.87. The maximum absolute atomic E-state index is 13.7. The van der Waals surface area contributed by atoms with Gasteiger partial charge in [-0.3, -0.25) is 4.79 Å². The largest absolute Gasteiger partial charge is 0.480 e. The van der Waals surface area contributed by atoms with Crippen LogP contribution in [0.15, 0.2) is 83.8 Å². The number of aliphatic carboxylic acids is 1. The molecule has 9 heteroatoms. The van der Waals surface area contributed by atoms with Crippen molar-refractivity contribution in [2.45, 2.75) is 23.0 Å². The molecule has 3 aromatic carbocycles. The number of hydrogen-bond donors (Lipinski definition) is 2. The van der Waals surface area contributed by atoms with E-state index >= 15 is 0 Å². The van der Waals surface area contributed by atoms with Gasteiger partial charge in [-0.15, -0.1) is 0 Å². The molecule has 3 N–H and O–H groups in total. The highest BCUT2D eigenvalue weighted by atomic mass is 32.2. The first-order valence-corrected chi connectivity index (χ1v) is 11.7. The van der Waals surface area contributed by atoms with E-state index in [4.69, 9.17) is 15.6 Å². The van der Waals surface area contributed by atoms with E-state index in [1.807, 2.05) is 30.3 Å². The van der Waals surface area contributed by atoms with Crippen LogP contribution in [-0.4, -0.2) is 42.9 Å². The number of nitrogens with zero attached hydrogens (tertiary/aromatic N) is 1. The first-order valence-electron chi connectivity index (χ1n) is 10.3. The zero-order valence-electron chi connectivity index (χ0n) is 17.6. The summed E-state index contributed by atoms with van der Waals surface area (Å²) in [7, 11) is -3.87. The maximum atomic E-state index is 13.7. The van der Waals surface area contributed by atoms with E-state index in [9.17, 15) is 17.6 Å². The first-order chi connectivity index (χ1) is 15.7. The van der Waals surface area contributed by atoms with Crippen molar-refractivity contribution >= 4 is 16.0 Å². The van der Waals surface area contributed by atoms with Crippen molar-refractivity contribution in [2.75, 3.05) is 13.1 Å². The second-order valence-corrected chi connectivity index (χ2v) is 9.93. The zero-order valence-corrected chi connectivity index (χ0v) is 18.4. The highest BCUT2D eigenvalue weighted by Gasteiger charge is 2.52. The number of carbonyl (C=O) groups is 1. The number of sulfonamides is 1. The van der Waals surface area contributed by atoms with Crippen LogP contribution in [0.1, 0.15) is 11.1 Å². The molecule has 0 aromatic heterocycles. The van der Waals surface area contributed by atoms with Crippen molar-refractivity contribution in [3.8, 4) is 5.75 Å². The summed E-state index contributed by atoms with van der Waals surface area (Å²) in [6.45, 7) is 0.0729. The van der Waals surface area contributed by atoms with Gasteiger partial charge >= 0.3 is 5.97 Å². The van der Waals surface area contributed by atoms with Gasteiger partial charge in [0.2, 0.25) is 10.0 Å². The minimum Gasteiger partial charge on any atom is -0.480 e. The fourth-order valence-corrected chi connectivity index (χ4v) is 5.43. The Morgan fingerprint density at radius 3 is 2.42 bits per heavy atom. The van der Waals surface area contributed by atoms with Gasteiger partial charge in [-0.25, -0.2) is 12.8 Å². The maximum Gasteiger partial charge on any atom is 0.320 e. The van der Waals surface area contributed by atoms with Gasteiger partial charge in [0.25, 0.3) is 0 Å². The molecule has 0 aliphatic carbocycles. The van der Waals surface area contributed by atoms with Crippen molar-refractivity contribution in [3.63, 3.8) is 0 Å². The molecule has 33 heavy (non-hydrogen) atoms. The van der Waals surface area contributed by atoms with Crippen LogP contribution in [0.25, 0.3) is 0 Å². The number of carboxylic acids is 1. The Morgan fingerprint density at radius 1 is 1.06 bits per heavy atom. The fraction of sp³-hybridized carbons (Fsp3) is 0.208. The van der Waals surface area contributed by atoms with E-state index in [-0.39, 0.29) is 24.4 Å². The van der Waals surface area contributed by atoms with Crippen molar-refractivity contribution in [1.29, 1.82) is 0 Å². The third kappa shape index (κ3) is 4.75. The van der Waals surface area contributed by atoms with Gasteiger partial charge in [0.1, 0.15) is 17.6 Å². The predicted octanol–water partition coefficient (Wildman–Crippen LogP) is 2.76. The summed E-state index contributed by atoms with van der Waals surface area (Å²) in [5.74, 6) is -1.30. The first kappa shape index (κ1) is 22.9. The predicted molar refractivity (Wildman–Crippen MR) is 120 cm³/mol. The number of rotatable bonds is 8. The van der Waals surface area contributed by atoms with Crippen LogP contribution in [-0.2, 0) is 26.8 Å². The van der Waals surface area contributed by atoms with Gasteiger partial charge in [-0.2, -0.15) is 4.31 Å². The molecular weight excluding hydrogens is 447 g/mol. The second-order valence-electron chi connectivity index (χ2n) is 7.99. The molecule has 172 valence electrons. The summed E-state index contributed by atoms with van der Waals surface area (Å²) in [6, 6.07) is 19.9. The summed E-state index contributed by atoms with van der Waals surface area (Å²) in [6.07, 6.45) is 0.00925. The average molecular weight is 471 g/mol. The summed E-state index contributed by atoms with van der Waals surface area (Å²) in [4.78, 5) is 11.1. The molecule has 1 aliphatic rings. The van der Waals surface area contributed by atoms with Crippen LogP contribution >= 0.6 is 0 Å². The number of halogens is 1. The Bertz CT molecular complexity index is 1260. The summed E-state index contributed by atoms with van der Waals surface area (Å²) in [5.41, 5.74) is 5.91. The molecule has 1 fully saturated rings. The lowest BCUT2D eigenvalue weighted by Gasteiger charge is -2.48. The molecule has 0 amide bonds. The molecule has 0 spiro atoms. The monoisotopic (exact) mass is 470 g/mol. The third-order valence-corrected chi connectivity index (χ3v) is 7.37. The van der Waals surface area contributed by atoms with E-state index in [0.717, 1.165) is 5.56 Å². The minimum absolute atomic E-state index is 0.00925. The van der Waals surface area contributed by atoms with Gasteiger partial charge < -0.3 is 15.6 Å². The summed E-state index contributed by atoms with van der Waals surface area (Å²) in [5, 5.41) is 9.02. The average Bonchev–Trinajstić information content (AvgIpc) is 2.76. The van der Waals surface area contributed by atoms with Crippen molar-refractivity contribution < 1.29 is 27.4 Å². The molecule has 4 rings (SSSR count). The van der Waals surface area contributed by atoms with E-state index in [0.29, 0.717) is 11.3 Å². The lowest BCUT2D eigenvalue weighted by molar-refractivity contribution is -0.138. The Hall–Kier alpha value is -3.27. The topological polar surface area (TPSA) is 110 Å². The van der Waals surface area contributed by atoms with E-state index < -0.39 is 33.5 Å². The molecule has 3 aromatic rings. The van der Waals surface area contributed by atoms with Crippen LogP contribution in [0.5, 0.6) is 5.75 Å². The molecular formula is C24H23FN2O5S. The Kier molecular flexibility index (Phi) is 6.20. The lowest BCUT2D eigenvalue weighted by Crippen LogP contribution is -2.64. The van der Waals surface area contributed by atoms with E-state index in [1.165, 1.54) is 34.6 Å². The third-order valence-electron chi connectivity index (χ3n) is 5.58. The quantitative estimate of drug-likeness (QED) is 0.524. The highest BCUT2D eigenvalue weighted by molar-refractivity contribution is 7.89. The molecule has 0 unspecified atom stereocenters. The van der Waals surface area contributed by atoms with Crippen LogP contribution in [0, 0.1) is 5.82 Å². The van der Waals surface area contributed by atoms with E-state index in [1.54, 1.807) is 18.2 Å². The van der Waals surface area contributed by atoms with Gasteiger partial charge in [0, 0.05) is 6.07 Å². The number of ether oxygens (including phenoxy) is 1. The van der Waals surface area contributed by atoms with Crippen LogP contribution in [0.2, 0.25) is 0 Å². The van der Waals surface area contributed by atoms with Gasteiger partial charge in [0.15, 0.2) is 5.60 Å². The van der Waals surface area contributed by atoms with Gasteiger partial charge in [0.05, 0.1) is 18.0 Å². The molecule has 7 nitrogen and oxygen atoms in total. The van der Waals surface area contributed by atoms with E-state index in [2.05, 4.69) is 0 Å². The van der Waals surface area contributed by atoms with Gasteiger partial charge in [-0.05, 0) is 41.8 Å². The SMILES string of the molecule is N[C@@H](Cc1cccc(S(=O)(=O)N2CC(Oc3cccc(F)c3)(c3ccccc3)C2)c1)C(=O)O. The fourth-order valence-electron chi connectivity index (χ4n) is 3.82. The van der Waals surface area contributed by atoms with Crippen LogP contribution in [0.3, 0.4) is 0 Å². The summed E-state index contributed by atoms with van der Waals surface area (Å²) < 4.78 is 47.7. The van der Waals surface area contributed by atoms with Crippen LogP contribution < -0.4 is 10.5 Å². The number of hydrogen-bond acceptors (Lipinski definition) is 5. The van der Waals surface area contributed by atoms with Crippen molar-refractivity contribution in [2.24, 2.45) is 5.73 Å². The molecule has 0 bridgehead atoms. The second kappa shape index (κ2) is 8.93. The molecule has 0 saturated carbocycles. The Balaban J connectivity index is 1.59. The standard InChI is InChI=1S/C24H23FN2O5S/c25-19-9-5-10-20(14-19)32-24(18-7-2-1-3-8-18)15-27(16-24)33(30,31)21-11-4-6-17(12-21)13-22(26)23(28)29/h1-12,14,22H,13,15-16,26H2,(H,28,29)/t22-/m0/s1. The molecule has 1 atom stereocenters. The Morgan fingerprint density at radius 2 is 1.76 bits per heavy atom. The smallest absolute Gasteiger partial charge is 0.320 e. The number of benzene rings is 3.